The molecule has 198 valence electrons. The highest BCUT2D eigenvalue weighted by molar-refractivity contribution is 7.99. The molecule has 1 N–H and O–H groups in total. The van der Waals surface area contributed by atoms with Crippen molar-refractivity contribution in [2.45, 2.75) is 63.2 Å². The summed E-state index contributed by atoms with van der Waals surface area (Å²) >= 11 is 1.30. The van der Waals surface area contributed by atoms with E-state index in [2.05, 4.69) is 20.3 Å². The van der Waals surface area contributed by atoms with Gasteiger partial charge in [-0.2, -0.15) is 0 Å². The normalized spacial score (nSPS) is 15.6. The third kappa shape index (κ3) is 5.75. The number of carbonyl (C=O) groups excluding carboxylic acids is 2. The fraction of sp³-hybridized carbons (Fsp3) is 0.393. The molecule has 0 atom stereocenters. The number of pyridine rings is 1. The molecule has 1 saturated carbocycles. The lowest BCUT2D eigenvalue weighted by atomic mass is 9.79. The molecule has 3 heterocycles. The molecule has 0 radical (unpaired) electrons. The zero-order chi connectivity index (χ0) is 26.5. The van der Waals surface area contributed by atoms with Gasteiger partial charge in [0, 0.05) is 42.1 Å². The Morgan fingerprint density at radius 1 is 1.03 bits per heavy atom. The van der Waals surface area contributed by atoms with Gasteiger partial charge in [-0.1, -0.05) is 37.1 Å². The second-order valence-corrected chi connectivity index (χ2v) is 10.6. The van der Waals surface area contributed by atoms with E-state index in [1.807, 2.05) is 32.0 Å². The standard InChI is InChI=1S/C28H31N5O4S/c1-19-13-20(2)31-27(30-19)38-17-25(34)33(16-21-7-6-12-29-15-21)28(10-4-3-5-11-28)26(35)32-22-8-9-23-24(14-22)37-18-36-23/h6-9,12-15H,3-5,10-11,16-18H2,1-2H3,(H,32,35). The van der Waals surface area contributed by atoms with Crippen LogP contribution in [0.3, 0.4) is 0 Å². The molecule has 0 bridgehead atoms. The molecule has 0 unspecified atom stereocenters. The van der Waals surface area contributed by atoms with Crippen molar-refractivity contribution in [3.63, 3.8) is 0 Å². The van der Waals surface area contributed by atoms with Gasteiger partial charge in [-0.15, -0.1) is 0 Å². The summed E-state index contributed by atoms with van der Waals surface area (Å²) in [6.07, 6.45) is 7.36. The minimum atomic E-state index is -0.995. The van der Waals surface area contributed by atoms with Crippen LogP contribution in [-0.2, 0) is 16.1 Å². The summed E-state index contributed by atoms with van der Waals surface area (Å²) < 4.78 is 10.9. The summed E-state index contributed by atoms with van der Waals surface area (Å²) in [6.45, 7) is 4.26. The third-order valence-corrected chi connectivity index (χ3v) is 7.73. The van der Waals surface area contributed by atoms with Crippen molar-refractivity contribution >= 4 is 29.3 Å². The molecule has 9 nitrogen and oxygen atoms in total. The monoisotopic (exact) mass is 533 g/mol. The van der Waals surface area contributed by atoms with Gasteiger partial charge < -0.3 is 19.7 Å². The van der Waals surface area contributed by atoms with Crippen LogP contribution in [0.25, 0.3) is 0 Å². The second-order valence-electron chi connectivity index (χ2n) is 9.68. The SMILES string of the molecule is Cc1cc(C)nc(SCC(=O)N(Cc2cccnc2)C2(C(=O)Nc3ccc4c(c3)OCO4)CCCCC2)n1. The predicted molar refractivity (Wildman–Crippen MR) is 144 cm³/mol. The summed E-state index contributed by atoms with van der Waals surface area (Å²) in [5.74, 6) is 1.04. The van der Waals surface area contributed by atoms with Crippen molar-refractivity contribution in [1.82, 2.24) is 19.9 Å². The topological polar surface area (TPSA) is 107 Å². The molecule has 2 aromatic heterocycles. The van der Waals surface area contributed by atoms with E-state index in [0.717, 1.165) is 36.2 Å². The second kappa shape index (κ2) is 11.4. The molecule has 1 aromatic carbocycles. The Morgan fingerprint density at radius 2 is 1.79 bits per heavy atom. The summed E-state index contributed by atoms with van der Waals surface area (Å²) in [4.78, 5) is 42.9. The molecule has 2 aliphatic rings. The van der Waals surface area contributed by atoms with Crippen LogP contribution in [0.1, 0.15) is 49.1 Å². The highest BCUT2D eigenvalue weighted by Gasteiger charge is 2.47. The molecular weight excluding hydrogens is 502 g/mol. The molecule has 5 rings (SSSR count). The van der Waals surface area contributed by atoms with E-state index in [4.69, 9.17) is 9.47 Å². The lowest BCUT2D eigenvalue weighted by molar-refractivity contribution is -0.146. The quantitative estimate of drug-likeness (QED) is 0.329. The maximum Gasteiger partial charge on any atom is 0.250 e. The van der Waals surface area contributed by atoms with Gasteiger partial charge in [0.05, 0.1) is 5.75 Å². The number of nitrogens with zero attached hydrogens (tertiary/aromatic N) is 4. The number of carbonyl (C=O) groups is 2. The van der Waals surface area contributed by atoms with Gasteiger partial charge in [0.25, 0.3) is 0 Å². The smallest absolute Gasteiger partial charge is 0.250 e. The van der Waals surface area contributed by atoms with Crippen LogP contribution in [0.5, 0.6) is 11.5 Å². The van der Waals surface area contributed by atoms with E-state index >= 15 is 0 Å². The van der Waals surface area contributed by atoms with Gasteiger partial charge in [-0.05, 0) is 56.5 Å². The number of hydrogen-bond donors (Lipinski definition) is 1. The Kier molecular flexibility index (Phi) is 7.78. The Labute approximate surface area is 226 Å². The maximum absolute atomic E-state index is 14.1. The molecule has 1 aliphatic carbocycles. The van der Waals surface area contributed by atoms with Gasteiger partial charge in [-0.25, -0.2) is 9.97 Å². The first-order chi connectivity index (χ1) is 18.4. The van der Waals surface area contributed by atoms with Crippen LogP contribution in [0.4, 0.5) is 5.69 Å². The number of rotatable bonds is 8. The van der Waals surface area contributed by atoms with Crippen LogP contribution in [0.2, 0.25) is 0 Å². The van der Waals surface area contributed by atoms with E-state index in [-0.39, 0.29) is 30.9 Å². The predicted octanol–water partition coefficient (Wildman–Crippen LogP) is 4.68. The average molecular weight is 534 g/mol. The molecular formula is C28H31N5O4S. The number of aryl methyl sites for hydroxylation is 2. The van der Waals surface area contributed by atoms with E-state index in [1.165, 1.54) is 11.8 Å². The van der Waals surface area contributed by atoms with E-state index in [9.17, 15) is 9.59 Å². The molecule has 1 fully saturated rings. The zero-order valence-electron chi connectivity index (χ0n) is 21.6. The van der Waals surface area contributed by atoms with Gasteiger partial charge >= 0.3 is 0 Å². The number of fused-ring (bicyclic) bond motifs is 1. The third-order valence-electron chi connectivity index (χ3n) is 6.90. The van der Waals surface area contributed by atoms with Crippen molar-refractivity contribution in [2.24, 2.45) is 0 Å². The maximum atomic E-state index is 14.1. The first kappa shape index (κ1) is 26.0. The number of aromatic nitrogens is 3. The lowest BCUT2D eigenvalue weighted by Crippen LogP contribution is -2.60. The van der Waals surface area contributed by atoms with Gasteiger partial charge in [0.2, 0.25) is 18.6 Å². The van der Waals surface area contributed by atoms with Gasteiger partial charge in [-0.3, -0.25) is 14.6 Å². The summed E-state index contributed by atoms with van der Waals surface area (Å²) in [7, 11) is 0. The summed E-state index contributed by atoms with van der Waals surface area (Å²) in [6, 6.07) is 11.0. The van der Waals surface area contributed by atoms with Crippen LogP contribution < -0.4 is 14.8 Å². The molecule has 38 heavy (non-hydrogen) atoms. The molecule has 0 spiro atoms. The van der Waals surface area contributed by atoms with Crippen molar-refractivity contribution < 1.29 is 19.1 Å². The highest BCUT2D eigenvalue weighted by Crippen LogP contribution is 2.38. The van der Waals surface area contributed by atoms with Crippen molar-refractivity contribution in [3.8, 4) is 11.5 Å². The number of anilines is 1. The first-order valence-corrected chi connectivity index (χ1v) is 13.8. The van der Waals surface area contributed by atoms with Crippen molar-refractivity contribution in [1.29, 1.82) is 0 Å². The largest absolute Gasteiger partial charge is 0.454 e. The summed E-state index contributed by atoms with van der Waals surface area (Å²) in [5.41, 5.74) is 2.19. The van der Waals surface area contributed by atoms with E-state index in [0.29, 0.717) is 35.2 Å². The number of thioether (sulfide) groups is 1. The van der Waals surface area contributed by atoms with E-state index in [1.54, 1.807) is 35.5 Å². The molecule has 3 aromatic rings. The summed E-state index contributed by atoms with van der Waals surface area (Å²) in [5, 5.41) is 3.63. The number of hydrogen-bond acceptors (Lipinski definition) is 8. The average Bonchev–Trinajstić information content (AvgIpc) is 3.39. The Balaban J connectivity index is 1.43. The van der Waals surface area contributed by atoms with E-state index < -0.39 is 5.54 Å². The zero-order valence-corrected chi connectivity index (χ0v) is 22.4. The van der Waals surface area contributed by atoms with Gasteiger partial charge in [0.15, 0.2) is 16.7 Å². The Hall–Kier alpha value is -3.66. The molecule has 2 amide bonds. The van der Waals surface area contributed by atoms with Crippen LogP contribution in [-0.4, -0.2) is 49.8 Å². The first-order valence-electron chi connectivity index (χ1n) is 12.8. The molecule has 1 aliphatic heterocycles. The fourth-order valence-corrected chi connectivity index (χ4v) is 5.92. The number of nitrogens with one attached hydrogen (secondary N) is 1. The van der Waals surface area contributed by atoms with Crippen LogP contribution in [0.15, 0.2) is 53.9 Å². The van der Waals surface area contributed by atoms with Crippen molar-refractivity contribution in [2.75, 3.05) is 17.9 Å². The Morgan fingerprint density at radius 3 is 2.53 bits per heavy atom. The minimum Gasteiger partial charge on any atom is -0.454 e. The van der Waals surface area contributed by atoms with Crippen LogP contribution >= 0.6 is 11.8 Å². The van der Waals surface area contributed by atoms with Gasteiger partial charge in [0.1, 0.15) is 5.54 Å². The molecule has 0 saturated heterocycles. The Bertz CT molecular complexity index is 1290. The lowest BCUT2D eigenvalue weighted by Gasteiger charge is -2.45. The van der Waals surface area contributed by atoms with Crippen LogP contribution in [0, 0.1) is 13.8 Å². The highest BCUT2D eigenvalue weighted by atomic mass is 32.2. The number of ether oxygens (including phenoxy) is 2. The number of benzene rings is 1. The molecule has 10 heteroatoms. The van der Waals surface area contributed by atoms with Crippen molar-refractivity contribution in [3.05, 3.63) is 65.7 Å². The minimum absolute atomic E-state index is 0.127. The number of amides is 2. The fourth-order valence-electron chi connectivity index (χ4n) is 5.09.